The molecule has 2 rings (SSSR count). The van der Waals surface area contributed by atoms with Crippen molar-refractivity contribution in [2.24, 2.45) is 11.8 Å². The standard InChI is InChI=1S/C12H19N3/c1-9-2-3-10(6-9)8-15-11-4-5-14-12(13)7-11/h4-5,7,9-10H,2-3,6,8H2,1H3,(H3,13,14,15). The van der Waals surface area contributed by atoms with E-state index in [0.29, 0.717) is 5.82 Å². The number of nitrogens with one attached hydrogen (secondary N) is 1. The molecule has 0 amide bonds. The van der Waals surface area contributed by atoms with Gasteiger partial charge in [-0.1, -0.05) is 13.3 Å². The third kappa shape index (κ3) is 2.85. The predicted octanol–water partition coefficient (Wildman–Crippen LogP) is 2.51. The summed E-state index contributed by atoms with van der Waals surface area (Å²) in [5, 5.41) is 3.43. The first-order valence-corrected chi connectivity index (χ1v) is 5.69. The molecule has 15 heavy (non-hydrogen) atoms. The molecular weight excluding hydrogens is 186 g/mol. The highest BCUT2D eigenvalue weighted by atomic mass is 14.9. The first-order valence-electron chi connectivity index (χ1n) is 5.69. The van der Waals surface area contributed by atoms with Crippen LogP contribution in [0, 0.1) is 11.8 Å². The minimum absolute atomic E-state index is 0.583. The highest BCUT2D eigenvalue weighted by molar-refractivity contribution is 5.49. The van der Waals surface area contributed by atoms with Crippen molar-refractivity contribution < 1.29 is 0 Å². The molecule has 3 nitrogen and oxygen atoms in total. The maximum absolute atomic E-state index is 5.61. The van der Waals surface area contributed by atoms with E-state index < -0.39 is 0 Å². The average Bonchev–Trinajstić information content (AvgIpc) is 2.62. The first kappa shape index (κ1) is 10.3. The van der Waals surface area contributed by atoms with Gasteiger partial charge in [0.25, 0.3) is 0 Å². The molecule has 0 aromatic carbocycles. The summed E-state index contributed by atoms with van der Waals surface area (Å²) in [4.78, 5) is 3.97. The number of pyridine rings is 1. The van der Waals surface area contributed by atoms with Crippen LogP contribution in [0.25, 0.3) is 0 Å². The quantitative estimate of drug-likeness (QED) is 0.797. The molecule has 0 aliphatic heterocycles. The highest BCUT2D eigenvalue weighted by Gasteiger charge is 2.20. The number of hydrogen-bond acceptors (Lipinski definition) is 3. The van der Waals surface area contributed by atoms with Gasteiger partial charge in [-0.3, -0.25) is 0 Å². The summed E-state index contributed by atoms with van der Waals surface area (Å²) in [6.07, 6.45) is 5.84. The van der Waals surface area contributed by atoms with Crippen LogP contribution in [-0.2, 0) is 0 Å². The first-order chi connectivity index (χ1) is 7.24. The molecule has 1 saturated carbocycles. The van der Waals surface area contributed by atoms with Crippen molar-refractivity contribution in [2.45, 2.75) is 26.2 Å². The minimum Gasteiger partial charge on any atom is -0.385 e. The molecule has 82 valence electrons. The number of hydrogen-bond donors (Lipinski definition) is 2. The van der Waals surface area contributed by atoms with Crippen molar-refractivity contribution >= 4 is 11.5 Å². The molecule has 1 aliphatic rings. The van der Waals surface area contributed by atoms with Crippen molar-refractivity contribution in [3.05, 3.63) is 18.3 Å². The van der Waals surface area contributed by atoms with Gasteiger partial charge in [0, 0.05) is 24.5 Å². The Balaban J connectivity index is 1.83. The zero-order valence-electron chi connectivity index (χ0n) is 9.24. The fourth-order valence-corrected chi connectivity index (χ4v) is 2.33. The fraction of sp³-hybridized carbons (Fsp3) is 0.583. The van der Waals surface area contributed by atoms with Gasteiger partial charge in [-0.15, -0.1) is 0 Å². The third-order valence-corrected chi connectivity index (χ3v) is 3.18. The van der Waals surface area contributed by atoms with Crippen LogP contribution in [0.4, 0.5) is 11.5 Å². The Labute approximate surface area is 91.1 Å². The third-order valence-electron chi connectivity index (χ3n) is 3.18. The molecular formula is C12H19N3. The van der Waals surface area contributed by atoms with Crippen LogP contribution in [0.1, 0.15) is 26.2 Å². The highest BCUT2D eigenvalue weighted by Crippen LogP contribution is 2.30. The molecule has 3 heteroatoms. The van der Waals surface area contributed by atoms with E-state index in [4.69, 9.17) is 5.73 Å². The Kier molecular flexibility index (Phi) is 3.09. The summed E-state index contributed by atoms with van der Waals surface area (Å²) in [6.45, 7) is 3.40. The summed E-state index contributed by atoms with van der Waals surface area (Å²) in [6, 6.07) is 3.85. The maximum atomic E-state index is 5.61. The Bertz CT molecular complexity index is 324. The van der Waals surface area contributed by atoms with Crippen LogP contribution in [0.5, 0.6) is 0 Å². The van der Waals surface area contributed by atoms with Crippen molar-refractivity contribution in [3.8, 4) is 0 Å². The van der Waals surface area contributed by atoms with Gasteiger partial charge in [-0.2, -0.15) is 0 Å². The van der Waals surface area contributed by atoms with E-state index in [0.717, 1.165) is 24.1 Å². The van der Waals surface area contributed by atoms with E-state index >= 15 is 0 Å². The SMILES string of the molecule is CC1CCC(CNc2ccnc(N)c2)C1. The van der Waals surface area contributed by atoms with Crippen LogP contribution in [0.3, 0.4) is 0 Å². The zero-order valence-corrected chi connectivity index (χ0v) is 9.24. The molecule has 3 N–H and O–H groups in total. The monoisotopic (exact) mass is 205 g/mol. The molecule has 1 heterocycles. The second kappa shape index (κ2) is 4.51. The lowest BCUT2D eigenvalue weighted by Gasteiger charge is -2.12. The van der Waals surface area contributed by atoms with Crippen molar-refractivity contribution in [3.63, 3.8) is 0 Å². The van der Waals surface area contributed by atoms with Gasteiger partial charge in [-0.25, -0.2) is 4.98 Å². The molecule has 0 saturated heterocycles. The van der Waals surface area contributed by atoms with Gasteiger partial charge < -0.3 is 11.1 Å². The molecule has 1 aliphatic carbocycles. The Morgan fingerprint density at radius 2 is 2.40 bits per heavy atom. The van der Waals surface area contributed by atoms with Crippen LogP contribution in [-0.4, -0.2) is 11.5 Å². The summed E-state index contributed by atoms with van der Waals surface area (Å²) >= 11 is 0. The molecule has 2 atom stereocenters. The van der Waals surface area contributed by atoms with E-state index in [1.165, 1.54) is 19.3 Å². The molecule has 1 fully saturated rings. The van der Waals surface area contributed by atoms with Crippen LogP contribution < -0.4 is 11.1 Å². The van der Waals surface area contributed by atoms with Crippen LogP contribution >= 0.6 is 0 Å². The lowest BCUT2D eigenvalue weighted by atomic mass is 10.1. The molecule has 0 bridgehead atoms. The Hall–Kier alpha value is -1.25. The van der Waals surface area contributed by atoms with Crippen molar-refractivity contribution in [1.82, 2.24) is 4.98 Å². The lowest BCUT2D eigenvalue weighted by Crippen LogP contribution is -2.11. The number of nitrogen functional groups attached to an aromatic ring is 1. The number of nitrogens with zero attached hydrogens (tertiary/aromatic N) is 1. The fourth-order valence-electron chi connectivity index (χ4n) is 2.33. The van der Waals surface area contributed by atoms with Gasteiger partial charge in [-0.05, 0) is 30.7 Å². The predicted molar refractivity (Wildman–Crippen MR) is 63.6 cm³/mol. The van der Waals surface area contributed by atoms with E-state index in [1.807, 2.05) is 12.1 Å². The van der Waals surface area contributed by atoms with Crippen LogP contribution in [0.2, 0.25) is 0 Å². The smallest absolute Gasteiger partial charge is 0.125 e. The summed E-state index contributed by atoms with van der Waals surface area (Å²) < 4.78 is 0. The van der Waals surface area contributed by atoms with E-state index in [1.54, 1.807) is 6.20 Å². The van der Waals surface area contributed by atoms with Crippen molar-refractivity contribution in [1.29, 1.82) is 0 Å². The molecule has 1 aromatic rings. The van der Waals surface area contributed by atoms with Gasteiger partial charge in [0.15, 0.2) is 0 Å². The number of nitrogens with two attached hydrogens (primary N) is 1. The number of rotatable bonds is 3. The number of anilines is 2. The molecule has 0 radical (unpaired) electrons. The van der Waals surface area contributed by atoms with Gasteiger partial charge in [0.1, 0.15) is 5.82 Å². The largest absolute Gasteiger partial charge is 0.385 e. The molecule has 1 aromatic heterocycles. The Morgan fingerprint density at radius 3 is 3.07 bits per heavy atom. The van der Waals surface area contributed by atoms with E-state index in [-0.39, 0.29) is 0 Å². The topological polar surface area (TPSA) is 50.9 Å². The van der Waals surface area contributed by atoms with Gasteiger partial charge in [0.2, 0.25) is 0 Å². The normalized spacial score (nSPS) is 25.4. The summed E-state index contributed by atoms with van der Waals surface area (Å²) in [5.74, 6) is 2.31. The maximum Gasteiger partial charge on any atom is 0.125 e. The minimum atomic E-state index is 0.583. The van der Waals surface area contributed by atoms with Crippen LogP contribution in [0.15, 0.2) is 18.3 Å². The molecule has 2 unspecified atom stereocenters. The summed E-state index contributed by atoms with van der Waals surface area (Å²) in [7, 11) is 0. The van der Waals surface area contributed by atoms with E-state index in [2.05, 4.69) is 17.2 Å². The summed E-state index contributed by atoms with van der Waals surface area (Å²) in [5.41, 5.74) is 6.70. The van der Waals surface area contributed by atoms with Gasteiger partial charge in [0.05, 0.1) is 0 Å². The number of aromatic nitrogens is 1. The second-order valence-corrected chi connectivity index (χ2v) is 4.63. The Morgan fingerprint density at radius 1 is 1.53 bits per heavy atom. The lowest BCUT2D eigenvalue weighted by molar-refractivity contribution is 0.537. The molecule has 0 spiro atoms. The van der Waals surface area contributed by atoms with Crippen molar-refractivity contribution in [2.75, 3.05) is 17.6 Å². The van der Waals surface area contributed by atoms with E-state index in [9.17, 15) is 0 Å². The average molecular weight is 205 g/mol. The van der Waals surface area contributed by atoms with Gasteiger partial charge >= 0.3 is 0 Å². The second-order valence-electron chi connectivity index (χ2n) is 4.63. The zero-order chi connectivity index (χ0) is 10.7.